The van der Waals surface area contributed by atoms with Gasteiger partial charge in [0.1, 0.15) is 11.5 Å². The third-order valence-corrected chi connectivity index (χ3v) is 2.99. The van der Waals surface area contributed by atoms with Crippen LogP contribution in [0.1, 0.15) is 10.5 Å². The summed E-state index contributed by atoms with van der Waals surface area (Å²) in [5.74, 6) is -1.34. The fourth-order valence-corrected chi connectivity index (χ4v) is 1.99. The zero-order chi connectivity index (χ0) is 12.3. The number of rotatable bonds is 3. The highest BCUT2D eigenvalue weighted by atomic mass is 32.2. The standard InChI is InChI=1S/C12H8FNO2S/c13-8-1-3-9(4-2-8)17-10-5-6-11(12(15)16)14-7-10/h1-7H,(H,15,16). The second-order valence-corrected chi connectivity index (χ2v) is 4.39. The Morgan fingerprint density at radius 1 is 1.12 bits per heavy atom. The van der Waals surface area contributed by atoms with Crippen molar-refractivity contribution < 1.29 is 14.3 Å². The molecule has 1 heterocycles. The fraction of sp³-hybridized carbons (Fsp3) is 0. The average molecular weight is 249 g/mol. The van der Waals surface area contributed by atoms with E-state index in [1.807, 2.05) is 0 Å². The van der Waals surface area contributed by atoms with Crippen LogP contribution in [0.5, 0.6) is 0 Å². The van der Waals surface area contributed by atoms with Crippen LogP contribution in [0.2, 0.25) is 0 Å². The first-order valence-corrected chi connectivity index (χ1v) is 5.59. The number of nitrogens with zero attached hydrogens (tertiary/aromatic N) is 1. The lowest BCUT2D eigenvalue weighted by Gasteiger charge is -2.01. The lowest BCUT2D eigenvalue weighted by atomic mass is 10.3. The average Bonchev–Trinajstić information content (AvgIpc) is 2.33. The van der Waals surface area contributed by atoms with Crippen molar-refractivity contribution in [1.82, 2.24) is 4.98 Å². The van der Waals surface area contributed by atoms with Crippen LogP contribution in [0.3, 0.4) is 0 Å². The first-order valence-electron chi connectivity index (χ1n) is 4.78. The molecular weight excluding hydrogens is 241 g/mol. The molecule has 0 radical (unpaired) electrons. The molecule has 0 unspecified atom stereocenters. The van der Waals surface area contributed by atoms with Crippen molar-refractivity contribution in [3.63, 3.8) is 0 Å². The van der Waals surface area contributed by atoms with Crippen LogP contribution in [-0.4, -0.2) is 16.1 Å². The summed E-state index contributed by atoms with van der Waals surface area (Å²) < 4.78 is 12.7. The van der Waals surface area contributed by atoms with Gasteiger partial charge in [0.25, 0.3) is 0 Å². The molecular formula is C12H8FNO2S. The smallest absolute Gasteiger partial charge is 0.354 e. The third kappa shape index (κ3) is 3.04. The van der Waals surface area contributed by atoms with E-state index in [0.717, 1.165) is 9.79 Å². The minimum Gasteiger partial charge on any atom is -0.477 e. The molecule has 0 amide bonds. The molecule has 0 aliphatic rings. The second kappa shape index (κ2) is 4.97. The molecule has 0 saturated carbocycles. The predicted octanol–water partition coefficient (Wildman–Crippen LogP) is 3.07. The van der Waals surface area contributed by atoms with Crippen LogP contribution in [-0.2, 0) is 0 Å². The highest BCUT2D eigenvalue weighted by molar-refractivity contribution is 7.99. The van der Waals surface area contributed by atoms with Gasteiger partial charge in [-0.05, 0) is 36.4 Å². The summed E-state index contributed by atoms with van der Waals surface area (Å²) in [6.45, 7) is 0. The zero-order valence-electron chi connectivity index (χ0n) is 8.63. The Balaban J connectivity index is 2.13. The summed E-state index contributed by atoms with van der Waals surface area (Å²) in [4.78, 5) is 16.1. The van der Waals surface area contributed by atoms with E-state index in [1.54, 1.807) is 18.2 Å². The van der Waals surface area contributed by atoms with Crippen LogP contribution in [0.15, 0.2) is 52.4 Å². The molecule has 0 aliphatic heterocycles. The topological polar surface area (TPSA) is 50.2 Å². The second-order valence-electron chi connectivity index (χ2n) is 3.24. The summed E-state index contributed by atoms with van der Waals surface area (Å²) in [5.41, 5.74) is 0.00783. The molecule has 0 spiro atoms. The predicted molar refractivity (Wildman–Crippen MR) is 61.7 cm³/mol. The Morgan fingerprint density at radius 2 is 1.76 bits per heavy atom. The van der Waals surface area contributed by atoms with E-state index in [2.05, 4.69) is 4.98 Å². The summed E-state index contributed by atoms with van der Waals surface area (Å²) >= 11 is 1.39. The number of aromatic nitrogens is 1. The number of pyridine rings is 1. The number of aromatic carboxylic acids is 1. The Hall–Kier alpha value is -1.88. The van der Waals surface area contributed by atoms with Gasteiger partial charge in [-0.15, -0.1) is 0 Å². The van der Waals surface area contributed by atoms with Gasteiger partial charge in [-0.3, -0.25) is 0 Å². The van der Waals surface area contributed by atoms with Gasteiger partial charge in [0.15, 0.2) is 0 Å². The quantitative estimate of drug-likeness (QED) is 0.908. The van der Waals surface area contributed by atoms with Crippen LogP contribution < -0.4 is 0 Å². The number of hydrogen-bond acceptors (Lipinski definition) is 3. The van der Waals surface area contributed by atoms with E-state index < -0.39 is 5.97 Å². The number of carboxylic acids is 1. The van der Waals surface area contributed by atoms with Crippen molar-refractivity contribution in [2.45, 2.75) is 9.79 Å². The van der Waals surface area contributed by atoms with Gasteiger partial charge in [0, 0.05) is 16.0 Å². The van der Waals surface area contributed by atoms with E-state index in [0.29, 0.717) is 0 Å². The minimum atomic E-state index is -1.05. The maximum Gasteiger partial charge on any atom is 0.354 e. The van der Waals surface area contributed by atoms with Crippen molar-refractivity contribution in [2.24, 2.45) is 0 Å². The van der Waals surface area contributed by atoms with Crippen molar-refractivity contribution in [1.29, 1.82) is 0 Å². The number of halogens is 1. The normalized spacial score (nSPS) is 10.2. The number of carbonyl (C=O) groups is 1. The van der Waals surface area contributed by atoms with Crippen LogP contribution in [0, 0.1) is 5.82 Å². The maximum absolute atomic E-state index is 12.7. The number of hydrogen-bond donors (Lipinski definition) is 1. The molecule has 0 aliphatic carbocycles. The van der Waals surface area contributed by atoms with Crippen molar-refractivity contribution in [3.05, 3.63) is 54.1 Å². The van der Waals surface area contributed by atoms with Gasteiger partial charge in [-0.2, -0.15) is 0 Å². The molecule has 2 aromatic rings. The van der Waals surface area contributed by atoms with E-state index in [9.17, 15) is 9.18 Å². The molecule has 3 nitrogen and oxygen atoms in total. The summed E-state index contributed by atoms with van der Waals surface area (Å²) in [6, 6.07) is 9.18. The monoisotopic (exact) mass is 249 g/mol. The molecule has 0 atom stereocenters. The Morgan fingerprint density at radius 3 is 2.29 bits per heavy atom. The first kappa shape index (κ1) is 11.6. The van der Waals surface area contributed by atoms with E-state index >= 15 is 0 Å². The SMILES string of the molecule is O=C(O)c1ccc(Sc2ccc(F)cc2)cn1. The summed E-state index contributed by atoms with van der Waals surface area (Å²) in [6.07, 6.45) is 1.48. The van der Waals surface area contributed by atoms with Gasteiger partial charge in [0.05, 0.1) is 0 Å². The number of benzene rings is 1. The van der Waals surface area contributed by atoms with Gasteiger partial charge in [-0.25, -0.2) is 14.2 Å². The fourth-order valence-electron chi connectivity index (χ4n) is 1.21. The number of carboxylic acid groups (broad SMARTS) is 1. The van der Waals surface area contributed by atoms with E-state index in [1.165, 1.54) is 36.2 Å². The molecule has 0 bridgehead atoms. The highest BCUT2D eigenvalue weighted by Gasteiger charge is 2.04. The molecule has 17 heavy (non-hydrogen) atoms. The molecule has 0 saturated heterocycles. The summed E-state index contributed by atoms with van der Waals surface area (Å²) in [7, 11) is 0. The molecule has 1 aromatic carbocycles. The van der Waals surface area contributed by atoms with Gasteiger partial charge in [0.2, 0.25) is 0 Å². The minimum absolute atomic E-state index is 0.00783. The molecule has 1 N–H and O–H groups in total. The Bertz CT molecular complexity index is 525. The molecule has 2 rings (SSSR count). The highest BCUT2D eigenvalue weighted by Crippen LogP contribution is 2.26. The Labute approximate surface area is 101 Å². The largest absolute Gasteiger partial charge is 0.477 e. The van der Waals surface area contributed by atoms with Gasteiger partial charge in [-0.1, -0.05) is 11.8 Å². The van der Waals surface area contributed by atoms with Crippen LogP contribution in [0.4, 0.5) is 4.39 Å². The Kier molecular flexibility index (Phi) is 3.39. The molecule has 86 valence electrons. The molecule has 1 aromatic heterocycles. The van der Waals surface area contributed by atoms with Crippen molar-refractivity contribution >= 4 is 17.7 Å². The third-order valence-electron chi connectivity index (χ3n) is 2.00. The van der Waals surface area contributed by atoms with E-state index in [-0.39, 0.29) is 11.5 Å². The zero-order valence-corrected chi connectivity index (χ0v) is 9.45. The molecule has 5 heteroatoms. The van der Waals surface area contributed by atoms with Crippen LogP contribution >= 0.6 is 11.8 Å². The van der Waals surface area contributed by atoms with Gasteiger partial charge < -0.3 is 5.11 Å². The summed E-state index contributed by atoms with van der Waals surface area (Å²) in [5, 5.41) is 8.69. The lowest BCUT2D eigenvalue weighted by molar-refractivity contribution is 0.0690. The maximum atomic E-state index is 12.7. The lowest BCUT2D eigenvalue weighted by Crippen LogP contribution is -1.98. The first-order chi connectivity index (χ1) is 8.15. The van der Waals surface area contributed by atoms with Crippen molar-refractivity contribution in [3.8, 4) is 0 Å². The molecule has 0 fully saturated rings. The van der Waals surface area contributed by atoms with Crippen molar-refractivity contribution in [2.75, 3.05) is 0 Å². The van der Waals surface area contributed by atoms with E-state index in [4.69, 9.17) is 5.11 Å². The van der Waals surface area contributed by atoms with Crippen LogP contribution in [0.25, 0.3) is 0 Å². The van der Waals surface area contributed by atoms with Gasteiger partial charge >= 0.3 is 5.97 Å².